The molecule has 1 atom stereocenters. The van der Waals surface area contributed by atoms with Crippen molar-refractivity contribution in [3.8, 4) is 5.75 Å². The van der Waals surface area contributed by atoms with Crippen LogP contribution in [0.3, 0.4) is 0 Å². The van der Waals surface area contributed by atoms with E-state index in [2.05, 4.69) is 34.1 Å². The van der Waals surface area contributed by atoms with Crippen molar-refractivity contribution in [2.45, 2.75) is 37.5 Å². The molecule has 21 heavy (non-hydrogen) atoms. The van der Waals surface area contributed by atoms with Gasteiger partial charge in [0.05, 0.1) is 12.0 Å². The number of ether oxygens (including phenoxy) is 1. The van der Waals surface area contributed by atoms with Crippen molar-refractivity contribution in [2.24, 2.45) is 0 Å². The third-order valence-corrected chi connectivity index (χ3v) is 6.68. The Labute approximate surface area is 142 Å². The average molecular weight is 384 g/mol. The summed E-state index contributed by atoms with van der Waals surface area (Å²) in [6.07, 6.45) is 6.03. The highest BCUT2D eigenvalue weighted by Crippen LogP contribution is 2.44. The second-order valence-electron chi connectivity index (χ2n) is 5.75. The first-order chi connectivity index (χ1) is 10.2. The van der Waals surface area contributed by atoms with Crippen LogP contribution in [0.25, 0.3) is 0 Å². The largest absolute Gasteiger partial charge is 0.493 e. The Hall–Kier alpha value is -0.510. The van der Waals surface area contributed by atoms with E-state index in [1.165, 1.54) is 46.6 Å². The second-order valence-corrected chi connectivity index (χ2v) is 8.27. The molecule has 1 unspecified atom stereocenters. The summed E-state index contributed by atoms with van der Waals surface area (Å²) in [4.78, 5) is 2.80. The fourth-order valence-corrected chi connectivity index (χ4v) is 5.41. The van der Waals surface area contributed by atoms with E-state index < -0.39 is 0 Å². The van der Waals surface area contributed by atoms with Crippen molar-refractivity contribution in [1.82, 2.24) is 0 Å². The molecule has 0 saturated heterocycles. The smallest absolute Gasteiger partial charge is 0.127 e. The number of hydrogen-bond donors (Lipinski definition) is 0. The van der Waals surface area contributed by atoms with Crippen LogP contribution in [0.4, 0.5) is 0 Å². The molecule has 0 amide bonds. The third-order valence-electron chi connectivity index (χ3n) is 4.32. The molecule has 0 bridgehead atoms. The molecular formula is C17H16BrClOS. The molecule has 1 aliphatic heterocycles. The predicted molar refractivity (Wildman–Crippen MR) is 92.0 cm³/mol. The van der Waals surface area contributed by atoms with Gasteiger partial charge in [0.25, 0.3) is 0 Å². The number of fused-ring (bicyclic) bond motifs is 2. The fourth-order valence-electron chi connectivity index (χ4n) is 3.28. The van der Waals surface area contributed by atoms with E-state index in [-0.39, 0.29) is 5.38 Å². The van der Waals surface area contributed by atoms with E-state index in [0.717, 1.165) is 28.8 Å². The Balaban J connectivity index is 1.75. The van der Waals surface area contributed by atoms with Gasteiger partial charge in [-0.15, -0.1) is 22.9 Å². The molecule has 1 aromatic heterocycles. The second kappa shape index (κ2) is 5.60. The van der Waals surface area contributed by atoms with Crippen molar-refractivity contribution in [1.29, 1.82) is 0 Å². The minimum atomic E-state index is -0.107. The summed E-state index contributed by atoms with van der Waals surface area (Å²) < 4.78 is 6.92. The van der Waals surface area contributed by atoms with Crippen LogP contribution in [0.1, 0.15) is 44.7 Å². The number of aryl methyl sites for hydroxylation is 2. The molecule has 4 rings (SSSR count). The minimum Gasteiger partial charge on any atom is -0.493 e. The van der Waals surface area contributed by atoms with Gasteiger partial charge in [-0.1, -0.05) is 15.9 Å². The molecule has 0 N–H and O–H groups in total. The Bertz CT molecular complexity index is 671. The molecule has 1 aliphatic carbocycles. The van der Waals surface area contributed by atoms with Crippen LogP contribution in [0.15, 0.2) is 22.7 Å². The number of halogens is 2. The third kappa shape index (κ3) is 2.54. The molecule has 2 aromatic rings. The van der Waals surface area contributed by atoms with Crippen LogP contribution in [0, 0.1) is 0 Å². The van der Waals surface area contributed by atoms with Crippen LogP contribution in [-0.4, -0.2) is 6.61 Å². The van der Waals surface area contributed by atoms with E-state index in [9.17, 15) is 0 Å². The van der Waals surface area contributed by atoms with Gasteiger partial charge in [0, 0.05) is 26.2 Å². The van der Waals surface area contributed by atoms with E-state index in [4.69, 9.17) is 16.3 Å². The Kier molecular flexibility index (Phi) is 3.76. The molecule has 4 heteroatoms. The zero-order valence-electron chi connectivity index (χ0n) is 11.6. The molecule has 1 nitrogen and oxygen atoms in total. The van der Waals surface area contributed by atoms with Gasteiger partial charge in [-0.2, -0.15) is 0 Å². The van der Waals surface area contributed by atoms with Gasteiger partial charge in [-0.25, -0.2) is 0 Å². The first kappa shape index (κ1) is 14.1. The first-order valence-corrected chi connectivity index (χ1v) is 9.47. The van der Waals surface area contributed by atoms with Gasteiger partial charge < -0.3 is 4.74 Å². The number of hydrogen-bond acceptors (Lipinski definition) is 2. The van der Waals surface area contributed by atoms with Gasteiger partial charge in [0.2, 0.25) is 0 Å². The molecule has 1 aromatic carbocycles. The fraction of sp³-hybridized carbons (Fsp3) is 0.412. The molecule has 0 radical (unpaired) electrons. The van der Waals surface area contributed by atoms with Crippen molar-refractivity contribution in [3.63, 3.8) is 0 Å². The monoisotopic (exact) mass is 382 g/mol. The zero-order chi connectivity index (χ0) is 14.4. The first-order valence-electron chi connectivity index (χ1n) is 7.43. The summed E-state index contributed by atoms with van der Waals surface area (Å²) in [6, 6.07) is 6.58. The predicted octanol–water partition coefficient (Wildman–Crippen LogP) is 5.65. The highest BCUT2D eigenvalue weighted by Gasteiger charge is 2.25. The van der Waals surface area contributed by atoms with Crippen molar-refractivity contribution >= 4 is 38.9 Å². The molecule has 110 valence electrons. The highest BCUT2D eigenvalue weighted by molar-refractivity contribution is 9.10. The number of benzene rings is 1. The standard InChI is InChI=1S/C17H16BrClOS/c18-12-7-11-5-6-20-17(11)13(9-12)16(19)15-8-10-3-1-2-4-14(10)21-15/h7-9,16H,1-6H2. The maximum absolute atomic E-state index is 6.82. The molecule has 0 saturated carbocycles. The average Bonchev–Trinajstić information content (AvgIpc) is 3.11. The van der Waals surface area contributed by atoms with Crippen molar-refractivity contribution < 1.29 is 4.74 Å². The van der Waals surface area contributed by atoms with Crippen molar-refractivity contribution in [3.05, 3.63) is 49.1 Å². The van der Waals surface area contributed by atoms with Crippen LogP contribution in [0.5, 0.6) is 5.75 Å². The summed E-state index contributed by atoms with van der Waals surface area (Å²) in [5.74, 6) is 1.00. The van der Waals surface area contributed by atoms with Gasteiger partial charge >= 0.3 is 0 Å². The summed E-state index contributed by atoms with van der Waals surface area (Å²) >= 11 is 12.3. The Morgan fingerprint density at radius 2 is 1.95 bits per heavy atom. The van der Waals surface area contributed by atoms with Crippen LogP contribution < -0.4 is 4.74 Å². The molecule has 2 aliphatic rings. The lowest BCUT2D eigenvalue weighted by molar-refractivity contribution is 0.353. The number of alkyl halides is 1. The van der Waals surface area contributed by atoms with E-state index in [0.29, 0.717) is 0 Å². The molecule has 0 spiro atoms. The molecular weight excluding hydrogens is 368 g/mol. The maximum Gasteiger partial charge on any atom is 0.127 e. The van der Waals surface area contributed by atoms with Gasteiger partial charge in [-0.3, -0.25) is 0 Å². The number of thiophene rings is 1. The minimum absolute atomic E-state index is 0.107. The topological polar surface area (TPSA) is 9.23 Å². The van der Waals surface area contributed by atoms with Gasteiger partial charge in [-0.05, 0) is 55.0 Å². The van der Waals surface area contributed by atoms with Gasteiger partial charge in [0.15, 0.2) is 0 Å². The maximum atomic E-state index is 6.82. The van der Waals surface area contributed by atoms with Crippen LogP contribution >= 0.6 is 38.9 Å². The SMILES string of the molecule is ClC(c1cc2c(s1)CCCC2)c1cc(Br)cc2c1OCC2. The van der Waals surface area contributed by atoms with Gasteiger partial charge in [0.1, 0.15) is 5.75 Å². The van der Waals surface area contributed by atoms with E-state index >= 15 is 0 Å². The summed E-state index contributed by atoms with van der Waals surface area (Å²) in [5, 5.41) is -0.107. The molecule has 2 heterocycles. The lowest BCUT2D eigenvalue weighted by atomic mass is 9.98. The highest BCUT2D eigenvalue weighted by atomic mass is 79.9. The summed E-state index contributed by atoms with van der Waals surface area (Å²) in [6.45, 7) is 0.767. The van der Waals surface area contributed by atoms with Crippen molar-refractivity contribution in [2.75, 3.05) is 6.61 Å². The lowest BCUT2D eigenvalue weighted by Gasteiger charge is -2.13. The van der Waals surface area contributed by atoms with Crippen LogP contribution in [-0.2, 0) is 19.3 Å². The Morgan fingerprint density at radius 3 is 2.81 bits per heavy atom. The lowest BCUT2D eigenvalue weighted by Crippen LogP contribution is -1.97. The summed E-state index contributed by atoms with van der Waals surface area (Å²) in [5.41, 5.74) is 3.89. The zero-order valence-corrected chi connectivity index (χ0v) is 14.8. The van der Waals surface area contributed by atoms with E-state index in [1.807, 2.05) is 11.3 Å². The number of rotatable bonds is 2. The van der Waals surface area contributed by atoms with Crippen LogP contribution in [0.2, 0.25) is 0 Å². The quantitative estimate of drug-likeness (QED) is 0.609. The van der Waals surface area contributed by atoms with E-state index in [1.54, 1.807) is 0 Å². The summed E-state index contributed by atoms with van der Waals surface area (Å²) in [7, 11) is 0. The molecule has 0 fully saturated rings. The normalized spacial score (nSPS) is 18.0. The Morgan fingerprint density at radius 1 is 1.10 bits per heavy atom.